The van der Waals surface area contributed by atoms with Gasteiger partial charge in [0.1, 0.15) is 5.75 Å². The van der Waals surface area contributed by atoms with Crippen molar-refractivity contribution in [3.63, 3.8) is 0 Å². The van der Waals surface area contributed by atoms with E-state index in [4.69, 9.17) is 15.3 Å². The number of ether oxygens (including phenoxy) is 2. The topological polar surface area (TPSA) is 56.5 Å². The minimum absolute atomic E-state index is 0.0258. The van der Waals surface area contributed by atoms with Crippen LogP contribution in [0.3, 0.4) is 0 Å². The van der Waals surface area contributed by atoms with Crippen LogP contribution < -0.4 is 16.0 Å². The van der Waals surface area contributed by atoms with Gasteiger partial charge in [0, 0.05) is 6.61 Å². The molecule has 0 amide bonds. The summed E-state index contributed by atoms with van der Waals surface area (Å²) in [7, 11) is 0. The van der Waals surface area contributed by atoms with E-state index in [9.17, 15) is 0 Å². The summed E-state index contributed by atoms with van der Waals surface area (Å²) < 4.78 is 11.7. The van der Waals surface area contributed by atoms with E-state index in [1.807, 2.05) is 39.0 Å². The highest BCUT2D eigenvalue weighted by atomic mass is 16.5. The molecule has 0 fully saturated rings. The molecule has 120 valence electrons. The number of nitrogens with two attached hydrogens (primary N) is 1. The van der Waals surface area contributed by atoms with Gasteiger partial charge in [-0.25, -0.2) is 0 Å². The van der Waals surface area contributed by atoms with Crippen molar-refractivity contribution >= 4 is 0 Å². The number of rotatable bonds is 7. The molecule has 21 heavy (non-hydrogen) atoms. The Labute approximate surface area is 129 Å². The Morgan fingerprint density at radius 3 is 2.38 bits per heavy atom. The number of benzene rings is 1. The first-order valence-corrected chi connectivity index (χ1v) is 7.64. The molecule has 0 aliphatic heterocycles. The molecule has 0 aliphatic rings. The minimum Gasteiger partial charge on any atom is -0.491 e. The van der Waals surface area contributed by atoms with Gasteiger partial charge < -0.3 is 9.47 Å². The van der Waals surface area contributed by atoms with Crippen LogP contribution >= 0.6 is 0 Å². The summed E-state index contributed by atoms with van der Waals surface area (Å²) in [6.45, 7) is 13.2. The van der Waals surface area contributed by atoms with Gasteiger partial charge in [0.2, 0.25) is 0 Å². The predicted molar refractivity (Wildman–Crippen MR) is 87.1 cm³/mol. The maximum Gasteiger partial charge on any atom is 0.120 e. The predicted octanol–water partition coefficient (Wildman–Crippen LogP) is 3.43. The number of nitrogens with one attached hydrogen (secondary N) is 1. The summed E-state index contributed by atoms with van der Waals surface area (Å²) in [4.78, 5) is 0. The molecule has 0 saturated carbocycles. The first kappa shape index (κ1) is 18.0. The molecule has 0 heterocycles. The molecule has 0 radical (unpaired) electrons. The molecule has 0 saturated heterocycles. The molecule has 0 spiro atoms. The number of hydrogen-bond acceptors (Lipinski definition) is 4. The maximum atomic E-state index is 5.95. The van der Waals surface area contributed by atoms with Gasteiger partial charge in [-0.15, -0.1) is 0 Å². The summed E-state index contributed by atoms with van der Waals surface area (Å²) in [5.74, 6) is 6.67. The Bertz CT molecular complexity index is 427. The number of hydrogen-bond donors (Lipinski definition) is 2. The van der Waals surface area contributed by atoms with Crippen LogP contribution in [0.2, 0.25) is 0 Å². The first-order valence-electron chi connectivity index (χ1n) is 7.64. The fourth-order valence-electron chi connectivity index (χ4n) is 2.44. The molecule has 1 aromatic carbocycles. The van der Waals surface area contributed by atoms with Gasteiger partial charge in [-0.05, 0) is 43.9 Å². The van der Waals surface area contributed by atoms with Crippen molar-refractivity contribution in [2.45, 2.75) is 59.8 Å². The van der Waals surface area contributed by atoms with Crippen LogP contribution in [0.1, 0.15) is 53.1 Å². The van der Waals surface area contributed by atoms with Crippen LogP contribution in [-0.4, -0.2) is 18.8 Å². The Morgan fingerprint density at radius 2 is 1.90 bits per heavy atom. The van der Waals surface area contributed by atoms with Crippen molar-refractivity contribution in [2.75, 3.05) is 6.61 Å². The highest BCUT2D eigenvalue weighted by molar-refractivity contribution is 5.31. The average Bonchev–Trinajstić information content (AvgIpc) is 2.37. The van der Waals surface area contributed by atoms with Gasteiger partial charge in [0.15, 0.2) is 0 Å². The highest BCUT2D eigenvalue weighted by Gasteiger charge is 2.33. The third-order valence-electron chi connectivity index (χ3n) is 3.27. The molecule has 0 aliphatic carbocycles. The second kappa shape index (κ2) is 7.78. The fraction of sp³-hybridized carbons (Fsp3) is 0.647. The summed E-state index contributed by atoms with van der Waals surface area (Å²) in [6.07, 6.45) is 0.122. The molecular weight excluding hydrogens is 264 g/mol. The van der Waals surface area contributed by atoms with Crippen LogP contribution in [0.15, 0.2) is 24.3 Å². The molecule has 0 bridgehead atoms. The third kappa shape index (κ3) is 5.30. The van der Waals surface area contributed by atoms with Gasteiger partial charge in [-0.1, -0.05) is 32.9 Å². The normalized spacial score (nSPS) is 15.0. The Balaban J connectivity index is 3.07. The Morgan fingerprint density at radius 1 is 1.24 bits per heavy atom. The lowest BCUT2D eigenvalue weighted by Gasteiger charge is -2.36. The van der Waals surface area contributed by atoms with Gasteiger partial charge in [0.05, 0.1) is 18.2 Å². The van der Waals surface area contributed by atoms with Gasteiger partial charge in [-0.3, -0.25) is 11.3 Å². The van der Waals surface area contributed by atoms with Gasteiger partial charge >= 0.3 is 0 Å². The summed E-state index contributed by atoms with van der Waals surface area (Å²) >= 11 is 0. The average molecular weight is 294 g/mol. The summed E-state index contributed by atoms with van der Waals surface area (Å²) in [6, 6.07) is 7.95. The quantitative estimate of drug-likeness (QED) is 0.597. The monoisotopic (exact) mass is 294 g/mol. The zero-order valence-corrected chi connectivity index (χ0v) is 14.1. The van der Waals surface area contributed by atoms with Crippen LogP contribution in [0.5, 0.6) is 5.75 Å². The molecule has 0 aromatic heterocycles. The van der Waals surface area contributed by atoms with E-state index >= 15 is 0 Å². The van der Waals surface area contributed by atoms with Crippen LogP contribution in [0, 0.1) is 5.41 Å². The van der Waals surface area contributed by atoms with E-state index in [0.717, 1.165) is 11.3 Å². The van der Waals surface area contributed by atoms with Crippen LogP contribution in [-0.2, 0) is 4.74 Å². The van der Waals surface area contributed by atoms with Crippen LogP contribution in [0.25, 0.3) is 0 Å². The molecule has 2 unspecified atom stereocenters. The van der Waals surface area contributed by atoms with Gasteiger partial charge in [0.25, 0.3) is 0 Å². The molecule has 1 rings (SSSR count). The van der Waals surface area contributed by atoms with E-state index in [-0.39, 0.29) is 23.7 Å². The molecule has 2 atom stereocenters. The van der Waals surface area contributed by atoms with Crippen molar-refractivity contribution in [3.05, 3.63) is 29.8 Å². The maximum absolute atomic E-state index is 5.95. The third-order valence-corrected chi connectivity index (χ3v) is 3.27. The largest absolute Gasteiger partial charge is 0.491 e. The molecule has 4 heteroatoms. The summed E-state index contributed by atoms with van der Waals surface area (Å²) in [5.41, 5.74) is 3.96. The van der Waals surface area contributed by atoms with E-state index in [1.54, 1.807) is 0 Å². The minimum atomic E-state index is -0.0827. The van der Waals surface area contributed by atoms with E-state index < -0.39 is 0 Å². The van der Waals surface area contributed by atoms with E-state index in [0.29, 0.717) is 6.61 Å². The van der Waals surface area contributed by atoms with Crippen LogP contribution in [0.4, 0.5) is 0 Å². The second-order valence-electron chi connectivity index (χ2n) is 6.63. The second-order valence-corrected chi connectivity index (χ2v) is 6.63. The smallest absolute Gasteiger partial charge is 0.120 e. The van der Waals surface area contributed by atoms with Crippen molar-refractivity contribution in [1.29, 1.82) is 0 Å². The zero-order valence-electron chi connectivity index (χ0n) is 14.1. The van der Waals surface area contributed by atoms with Gasteiger partial charge in [-0.2, -0.15) is 0 Å². The Kier molecular flexibility index (Phi) is 6.65. The van der Waals surface area contributed by atoms with E-state index in [2.05, 4.69) is 32.3 Å². The molecule has 3 N–H and O–H groups in total. The van der Waals surface area contributed by atoms with Crippen molar-refractivity contribution < 1.29 is 9.47 Å². The lowest BCUT2D eigenvalue weighted by Crippen LogP contribution is -2.44. The van der Waals surface area contributed by atoms with Crippen molar-refractivity contribution in [2.24, 2.45) is 11.3 Å². The number of hydrazine groups is 1. The standard InChI is InChI=1S/C17H30N2O2/c1-7-20-16(17(4,5)6)15(19-18)13-9-8-10-14(11-13)21-12(2)3/h8-12,15-16,19H,7,18H2,1-6H3. The lowest BCUT2D eigenvalue weighted by atomic mass is 9.82. The fourth-order valence-corrected chi connectivity index (χ4v) is 2.44. The Hall–Kier alpha value is -1.10. The van der Waals surface area contributed by atoms with E-state index in [1.165, 1.54) is 0 Å². The van der Waals surface area contributed by atoms with Crippen molar-refractivity contribution in [3.8, 4) is 5.75 Å². The highest BCUT2D eigenvalue weighted by Crippen LogP contribution is 2.33. The zero-order chi connectivity index (χ0) is 16.0. The molecule has 1 aromatic rings. The molecule has 4 nitrogen and oxygen atoms in total. The van der Waals surface area contributed by atoms with Crippen molar-refractivity contribution in [1.82, 2.24) is 5.43 Å². The summed E-state index contributed by atoms with van der Waals surface area (Å²) in [5, 5.41) is 0. The first-order chi connectivity index (χ1) is 9.79. The molecular formula is C17H30N2O2. The lowest BCUT2D eigenvalue weighted by molar-refractivity contribution is -0.0367. The SMILES string of the molecule is CCOC(C(NN)c1cccc(OC(C)C)c1)C(C)(C)C.